The number of aliphatic hydroxyl groups excluding tert-OH is 1. The van der Waals surface area contributed by atoms with Crippen molar-refractivity contribution in [2.24, 2.45) is 0 Å². The highest BCUT2D eigenvalue weighted by molar-refractivity contribution is 5.89. The lowest BCUT2D eigenvalue weighted by molar-refractivity contribution is 0.163. The minimum Gasteiger partial charge on any atom is -0.496 e. The summed E-state index contributed by atoms with van der Waals surface area (Å²) in [7, 11) is 1.66. The van der Waals surface area contributed by atoms with E-state index >= 15 is 0 Å². The Kier molecular flexibility index (Phi) is 4.94. The van der Waals surface area contributed by atoms with Gasteiger partial charge in [-0.3, -0.25) is 0 Å². The number of ether oxygens (including phenoxy) is 1. The molecule has 1 saturated carbocycles. The number of hydrogen-bond acceptors (Lipinski definition) is 3. The van der Waals surface area contributed by atoms with Crippen molar-refractivity contribution in [3.05, 3.63) is 30.0 Å². The summed E-state index contributed by atoms with van der Waals surface area (Å²) in [5, 5.41) is 16.5. The summed E-state index contributed by atoms with van der Waals surface area (Å²) in [5.41, 5.74) is 1.70. The molecule has 1 aromatic heterocycles. The van der Waals surface area contributed by atoms with Crippen LogP contribution in [0.4, 0.5) is 4.79 Å². The number of hydrogen-bond donors (Lipinski definition) is 4. The van der Waals surface area contributed by atoms with E-state index in [0.717, 1.165) is 47.9 Å². The van der Waals surface area contributed by atoms with Gasteiger partial charge in [0.05, 0.1) is 19.3 Å². The van der Waals surface area contributed by atoms with E-state index in [2.05, 4.69) is 15.6 Å². The summed E-state index contributed by atoms with van der Waals surface area (Å²) in [6.45, 7) is 0.526. The van der Waals surface area contributed by atoms with Gasteiger partial charge in [-0.25, -0.2) is 4.79 Å². The average Bonchev–Trinajstić information content (AvgIpc) is 3.22. The van der Waals surface area contributed by atoms with Crippen molar-refractivity contribution in [3.63, 3.8) is 0 Å². The van der Waals surface area contributed by atoms with Crippen LogP contribution < -0.4 is 15.4 Å². The standard InChI is InChI=1S/C18H25N3O3/c1-24-15-6-4-5-14-16(15)13(11-20-14)7-10-19-17(23)21-18(12-22)8-2-3-9-18/h4-6,11,20,22H,2-3,7-10,12H2,1H3,(H2,19,21,23). The summed E-state index contributed by atoms with van der Waals surface area (Å²) in [5.74, 6) is 0.832. The van der Waals surface area contributed by atoms with Crippen LogP contribution in [0, 0.1) is 0 Å². The first-order valence-electron chi connectivity index (χ1n) is 8.47. The second kappa shape index (κ2) is 7.13. The van der Waals surface area contributed by atoms with Crippen molar-refractivity contribution in [3.8, 4) is 5.75 Å². The molecule has 1 aromatic carbocycles. The molecule has 3 rings (SSSR count). The normalized spacial score (nSPS) is 16.2. The molecule has 1 heterocycles. The molecule has 2 aromatic rings. The number of rotatable bonds is 6. The fourth-order valence-corrected chi connectivity index (χ4v) is 3.56. The van der Waals surface area contributed by atoms with Crippen molar-refractivity contribution in [2.75, 3.05) is 20.3 Å². The summed E-state index contributed by atoms with van der Waals surface area (Å²) in [4.78, 5) is 15.3. The summed E-state index contributed by atoms with van der Waals surface area (Å²) in [6, 6.07) is 5.68. The van der Waals surface area contributed by atoms with Gasteiger partial charge in [-0.1, -0.05) is 18.9 Å². The molecule has 0 saturated heterocycles. The van der Waals surface area contributed by atoms with Gasteiger partial charge in [-0.2, -0.15) is 0 Å². The van der Waals surface area contributed by atoms with Gasteiger partial charge in [0.15, 0.2) is 0 Å². The average molecular weight is 331 g/mol. The number of carbonyl (C=O) groups is 1. The maximum atomic E-state index is 12.1. The highest BCUT2D eigenvalue weighted by Crippen LogP contribution is 2.29. The second-order valence-electron chi connectivity index (χ2n) is 6.47. The third-order valence-electron chi connectivity index (χ3n) is 4.89. The Morgan fingerprint density at radius 2 is 2.17 bits per heavy atom. The van der Waals surface area contributed by atoms with Crippen LogP contribution in [0.3, 0.4) is 0 Å². The van der Waals surface area contributed by atoms with E-state index in [9.17, 15) is 9.90 Å². The van der Waals surface area contributed by atoms with Crippen LogP contribution in [0.25, 0.3) is 10.9 Å². The molecule has 6 nitrogen and oxygen atoms in total. The van der Waals surface area contributed by atoms with Gasteiger partial charge in [0.25, 0.3) is 0 Å². The van der Waals surface area contributed by atoms with Crippen LogP contribution in [0.15, 0.2) is 24.4 Å². The smallest absolute Gasteiger partial charge is 0.315 e. The Balaban J connectivity index is 1.58. The third-order valence-corrected chi connectivity index (χ3v) is 4.89. The van der Waals surface area contributed by atoms with Gasteiger partial charge in [0, 0.05) is 23.6 Å². The van der Waals surface area contributed by atoms with Crippen molar-refractivity contribution in [1.82, 2.24) is 15.6 Å². The van der Waals surface area contributed by atoms with Crippen LogP contribution in [0.1, 0.15) is 31.2 Å². The van der Waals surface area contributed by atoms with Crippen LogP contribution in [-0.2, 0) is 6.42 Å². The molecule has 24 heavy (non-hydrogen) atoms. The molecule has 0 aliphatic heterocycles. The molecule has 6 heteroatoms. The maximum Gasteiger partial charge on any atom is 0.315 e. The molecule has 0 radical (unpaired) electrons. The Morgan fingerprint density at radius 3 is 2.88 bits per heavy atom. The molecule has 2 amide bonds. The highest BCUT2D eigenvalue weighted by Gasteiger charge is 2.34. The number of benzene rings is 1. The summed E-state index contributed by atoms with van der Waals surface area (Å²) >= 11 is 0. The number of urea groups is 1. The predicted molar refractivity (Wildman–Crippen MR) is 93.4 cm³/mol. The first kappa shape index (κ1) is 16.6. The predicted octanol–water partition coefficient (Wildman–Crippen LogP) is 2.32. The SMILES string of the molecule is COc1cccc2[nH]cc(CCNC(=O)NC3(CO)CCCC3)c12. The molecule has 4 N–H and O–H groups in total. The number of carbonyl (C=O) groups excluding carboxylic acids is 1. The van der Waals surface area contributed by atoms with Gasteiger partial charge in [-0.05, 0) is 37.0 Å². The molecule has 1 aliphatic carbocycles. The second-order valence-corrected chi connectivity index (χ2v) is 6.47. The molecule has 1 aliphatic rings. The zero-order valence-corrected chi connectivity index (χ0v) is 14.0. The van der Waals surface area contributed by atoms with Gasteiger partial charge in [0.1, 0.15) is 5.75 Å². The third kappa shape index (κ3) is 3.33. The van der Waals surface area contributed by atoms with Crippen LogP contribution in [0.2, 0.25) is 0 Å². The number of H-pyrrole nitrogens is 1. The molecule has 0 unspecified atom stereocenters. The first-order chi connectivity index (χ1) is 11.7. The fraction of sp³-hybridized carbons (Fsp3) is 0.500. The highest BCUT2D eigenvalue weighted by atomic mass is 16.5. The zero-order chi connectivity index (χ0) is 17.0. The Hall–Kier alpha value is -2.21. The van der Waals surface area contributed by atoms with Crippen molar-refractivity contribution >= 4 is 16.9 Å². The number of amides is 2. The Morgan fingerprint density at radius 1 is 1.38 bits per heavy atom. The van der Waals surface area contributed by atoms with Gasteiger partial charge >= 0.3 is 6.03 Å². The monoisotopic (exact) mass is 331 g/mol. The largest absolute Gasteiger partial charge is 0.496 e. The molecule has 1 fully saturated rings. The summed E-state index contributed by atoms with van der Waals surface area (Å²) < 4.78 is 5.42. The number of aliphatic hydroxyl groups is 1. The van der Waals surface area contributed by atoms with Crippen molar-refractivity contribution in [2.45, 2.75) is 37.6 Å². The minimum atomic E-state index is -0.436. The molecule has 0 atom stereocenters. The molecular weight excluding hydrogens is 306 g/mol. The van der Waals surface area contributed by atoms with Crippen LogP contribution in [0.5, 0.6) is 5.75 Å². The minimum absolute atomic E-state index is 0.0000664. The lowest BCUT2D eigenvalue weighted by Gasteiger charge is -2.27. The lowest BCUT2D eigenvalue weighted by Crippen LogP contribution is -2.53. The maximum absolute atomic E-state index is 12.1. The molecule has 0 spiro atoms. The quantitative estimate of drug-likeness (QED) is 0.655. The number of fused-ring (bicyclic) bond motifs is 1. The van der Waals surface area contributed by atoms with E-state index < -0.39 is 5.54 Å². The number of aromatic nitrogens is 1. The number of aromatic amines is 1. The van der Waals surface area contributed by atoms with E-state index in [1.807, 2.05) is 24.4 Å². The van der Waals surface area contributed by atoms with E-state index in [4.69, 9.17) is 4.74 Å². The van der Waals surface area contributed by atoms with Gasteiger partial charge in [0.2, 0.25) is 0 Å². The number of nitrogens with one attached hydrogen (secondary N) is 3. The van der Waals surface area contributed by atoms with Crippen LogP contribution >= 0.6 is 0 Å². The molecular formula is C18H25N3O3. The Labute approximate surface area is 141 Å². The van der Waals surface area contributed by atoms with E-state index in [-0.39, 0.29) is 12.6 Å². The van der Waals surface area contributed by atoms with Crippen LogP contribution in [-0.4, -0.2) is 41.9 Å². The van der Waals surface area contributed by atoms with E-state index in [1.165, 1.54) is 0 Å². The molecule has 0 bridgehead atoms. The lowest BCUT2D eigenvalue weighted by atomic mass is 9.99. The number of methoxy groups -OCH3 is 1. The molecule has 130 valence electrons. The first-order valence-corrected chi connectivity index (χ1v) is 8.47. The van der Waals surface area contributed by atoms with Gasteiger partial charge in [-0.15, -0.1) is 0 Å². The Bertz CT molecular complexity index is 705. The van der Waals surface area contributed by atoms with E-state index in [1.54, 1.807) is 7.11 Å². The zero-order valence-electron chi connectivity index (χ0n) is 14.0. The fourth-order valence-electron chi connectivity index (χ4n) is 3.56. The topological polar surface area (TPSA) is 86.4 Å². The van der Waals surface area contributed by atoms with Gasteiger partial charge < -0.3 is 25.5 Å². The summed E-state index contributed by atoms with van der Waals surface area (Å²) in [6.07, 6.45) is 6.46. The van der Waals surface area contributed by atoms with Crippen molar-refractivity contribution < 1.29 is 14.6 Å². The van der Waals surface area contributed by atoms with Crippen molar-refractivity contribution in [1.29, 1.82) is 0 Å². The van der Waals surface area contributed by atoms with E-state index in [0.29, 0.717) is 13.0 Å².